The molecule has 0 aliphatic carbocycles. The summed E-state index contributed by atoms with van der Waals surface area (Å²) in [5, 5.41) is 14.7. The number of hydrogen-bond acceptors (Lipinski definition) is 4. The fraction of sp³-hybridized carbons (Fsp3) is 0.429. The predicted molar refractivity (Wildman–Crippen MR) is 77.5 cm³/mol. The van der Waals surface area contributed by atoms with Crippen molar-refractivity contribution in [3.05, 3.63) is 28.8 Å². The maximum absolute atomic E-state index is 11.4. The number of ether oxygens (including phenoxy) is 1. The maximum Gasteiger partial charge on any atom is 0.258 e. The summed E-state index contributed by atoms with van der Waals surface area (Å²) >= 11 is 5.96. The van der Waals surface area contributed by atoms with Gasteiger partial charge in [0.15, 0.2) is 6.61 Å². The molecule has 0 saturated carbocycles. The van der Waals surface area contributed by atoms with Gasteiger partial charge in [0.05, 0.1) is 6.07 Å². The molecule has 5 nitrogen and oxygen atoms in total. The summed E-state index contributed by atoms with van der Waals surface area (Å²) in [7, 11) is 0. The van der Waals surface area contributed by atoms with Gasteiger partial charge in [0.1, 0.15) is 12.3 Å². The Morgan fingerprint density at radius 2 is 2.25 bits per heavy atom. The molecule has 0 bridgehead atoms. The lowest BCUT2D eigenvalue weighted by Crippen LogP contribution is -2.29. The molecular weight excluding hydrogens is 278 g/mol. The van der Waals surface area contributed by atoms with Gasteiger partial charge >= 0.3 is 0 Å². The van der Waals surface area contributed by atoms with Crippen LogP contribution in [0.15, 0.2) is 18.2 Å². The standard InChI is InChI=1S/C14H18ClN3O2/c1-10(2)18-8-11-7-12(15)3-4-13(11)20-9-14(19)17-6-5-16/h3-4,7,10,18H,6,8-9H2,1-2H3,(H,17,19). The fourth-order valence-corrected chi connectivity index (χ4v) is 1.67. The van der Waals surface area contributed by atoms with Crippen LogP contribution in [0.4, 0.5) is 0 Å². The SMILES string of the molecule is CC(C)NCc1cc(Cl)ccc1OCC(=O)NCC#N. The quantitative estimate of drug-likeness (QED) is 0.753. The summed E-state index contributed by atoms with van der Waals surface area (Å²) in [6.07, 6.45) is 0. The van der Waals surface area contributed by atoms with E-state index < -0.39 is 0 Å². The second-order valence-corrected chi connectivity index (χ2v) is 4.95. The Bertz CT molecular complexity index is 498. The highest BCUT2D eigenvalue weighted by Gasteiger charge is 2.08. The zero-order valence-corrected chi connectivity index (χ0v) is 12.3. The van der Waals surface area contributed by atoms with Crippen molar-refractivity contribution in [1.29, 1.82) is 5.26 Å². The predicted octanol–water partition coefficient (Wildman–Crippen LogP) is 1.86. The molecule has 0 saturated heterocycles. The van der Waals surface area contributed by atoms with Crippen LogP contribution >= 0.6 is 11.6 Å². The summed E-state index contributed by atoms with van der Waals surface area (Å²) in [5.41, 5.74) is 0.888. The molecule has 0 atom stereocenters. The Morgan fingerprint density at radius 3 is 2.90 bits per heavy atom. The second kappa shape index (κ2) is 8.41. The molecule has 1 aromatic rings. The molecular formula is C14H18ClN3O2. The van der Waals surface area contributed by atoms with E-state index in [4.69, 9.17) is 21.6 Å². The van der Waals surface area contributed by atoms with Crippen LogP contribution in [0, 0.1) is 11.3 Å². The number of halogens is 1. The Morgan fingerprint density at radius 1 is 1.50 bits per heavy atom. The van der Waals surface area contributed by atoms with Crippen LogP contribution in [0.3, 0.4) is 0 Å². The maximum atomic E-state index is 11.4. The van der Waals surface area contributed by atoms with Crippen LogP contribution in [0.25, 0.3) is 0 Å². The Kier molecular flexibility index (Phi) is 6.85. The number of benzene rings is 1. The Labute approximate surface area is 123 Å². The van der Waals surface area contributed by atoms with Crippen molar-refractivity contribution in [2.45, 2.75) is 26.4 Å². The number of amides is 1. The third kappa shape index (κ3) is 5.91. The van der Waals surface area contributed by atoms with Gasteiger partial charge in [0.2, 0.25) is 0 Å². The molecule has 1 aromatic carbocycles. The number of hydrogen-bond donors (Lipinski definition) is 2. The van der Waals surface area contributed by atoms with Gasteiger partial charge in [-0.25, -0.2) is 0 Å². The van der Waals surface area contributed by atoms with Crippen LogP contribution in [-0.2, 0) is 11.3 Å². The van der Waals surface area contributed by atoms with Gasteiger partial charge in [-0.2, -0.15) is 5.26 Å². The monoisotopic (exact) mass is 295 g/mol. The van der Waals surface area contributed by atoms with E-state index in [1.807, 2.05) is 19.9 Å². The third-order valence-electron chi connectivity index (χ3n) is 2.45. The van der Waals surface area contributed by atoms with Crippen LogP contribution in [0.5, 0.6) is 5.75 Å². The summed E-state index contributed by atoms with van der Waals surface area (Å²) in [6.45, 7) is 4.54. The molecule has 108 valence electrons. The average molecular weight is 296 g/mol. The van der Waals surface area contributed by atoms with Gasteiger partial charge in [0.25, 0.3) is 5.91 Å². The number of nitriles is 1. The van der Waals surface area contributed by atoms with Crippen molar-refractivity contribution in [3.63, 3.8) is 0 Å². The van der Waals surface area contributed by atoms with Crippen molar-refractivity contribution in [2.75, 3.05) is 13.2 Å². The van der Waals surface area contributed by atoms with Crippen LogP contribution < -0.4 is 15.4 Å². The normalized spacial score (nSPS) is 10.2. The molecule has 1 amide bonds. The van der Waals surface area contributed by atoms with Crippen LogP contribution in [-0.4, -0.2) is 25.1 Å². The Hall–Kier alpha value is -1.77. The van der Waals surface area contributed by atoms with Gasteiger partial charge in [-0.1, -0.05) is 25.4 Å². The van der Waals surface area contributed by atoms with E-state index in [1.54, 1.807) is 18.2 Å². The van der Waals surface area contributed by atoms with Gasteiger partial charge in [-0.05, 0) is 18.2 Å². The zero-order chi connectivity index (χ0) is 15.0. The van der Waals surface area contributed by atoms with E-state index in [-0.39, 0.29) is 19.1 Å². The lowest BCUT2D eigenvalue weighted by atomic mass is 10.2. The molecule has 0 heterocycles. The minimum atomic E-state index is -0.329. The minimum absolute atomic E-state index is 0.0232. The van der Waals surface area contributed by atoms with Gasteiger partial charge < -0.3 is 15.4 Å². The number of nitrogens with zero attached hydrogens (tertiary/aromatic N) is 1. The minimum Gasteiger partial charge on any atom is -0.483 e. The summed E-state index contributed by atoms with van der Waals surface area (Å²) in [4.78, 5) is 11.4. The number of carbonyl (C=O) groups excluding carboxylic acids is 1. The summed E-state index contributed by atoms with van der Waals surface area (Å²) in [6, 6.07) is 7.42. The highest BCUT2D eigenvalue weighted by molar-refractivity contribution is 6.30. The second-order valence-electron chi connectivity index (χ2n) is 4.51. The van der Waals surface area contributed by atoms with E-state index in [1.165, 1.54) is 0 Å². The number of carbonyl (C=O) groups is 1. The van der Waals surface area contributed by atoms with Gasteiger partial charge in [0, 0.05) is 23.2 Å². The van der Waals surface area contributed by atoms with Crippen molar-refractivity contribution in [1.82, 2.24) is 10.6 Å². The first kappa shape index (κ1) is 16.3. The lowest BCUT2D eigenvalue weighted by molar-refractivity contribution is -0.122. The van der Waals surface area contributed by atoms with Crippen molar-refractivity contribution in [2.24, 2.45) is 0 Å². The van der Waals surface area contributed by atoms with Crippen LogP contribution in [0.2, 0.25) is 5.02 Å². The Balaban J connectivity index is 2.64. The molecule has 6 heteroatoms. The summed E-state index contributed by atoms with van der Waals surface area (Å²) < 4.78 is 5.46. The number of rotatable bonds is 7. The molecule has 0 aliphatic rings. The van der Waals surface area contributed by atoms with Gasteiger partial charge in [-0.15, -0.1) is 0 Å². The topological polar surface area (TPSA) is 74.2 Å². The van der Waals surface area contributed by atoms with Gasteiger partial charge in [-0.3, -0.25) is 4.79 Å². The van der Waals surface area contributed by atoms with Crippen molar-refractivity contribution < 1.29 is 9.53 Å². The van der Waals surface area contributed by atoms with Crippen molar-refractivity contribution in [3.8, 4) is 11.8 Å². The first-order chi connectivity index (χ1) is 9.52. The van der Waals surface area contributed by atoms with E-state index in [2.05, 4.69) is 10.6 Å². The zero-order valence-electron chi connectivity index (χ0n) is 11.6. The molecule has 1 rings (SSSR count). The van der Waals surface area contributed by atoms with E-state index in [0.717, 1.165) is 5.56 Å². The molecule has 20 heavy (non-hydrogen) atoms. The molecule has 0 spiro atoms. The first-order valence-corrected chi connectivity index (χ1v) is 6.69. The van der Waals surface area contributed by atoms with Crippen LogP contribution in [0.1, 0.15) is 19.4 Å². The lowest BCUT2D eigenvalue weighted by Gasteiger charge is -2.14. The molecule has 0 aromatic heterocycles. The smallest absolute Gasteiger partial charge is 0.258 e. The number of nitrogens with one attached hydrogen (secondary N) is 2. The highest BCUT2D eigenvalue weighted by atomic mass is 35.5. The van der Waals surface area contributed by atoms with E-state index in [9.17, 15) is 4.79 Å². The molecule has 0 aliphatic heterocycles. The fourth-order valence-electron chi connectivity index (χ4n) is 1.47. The summed E-state index contributed by atoms with van der Waals surface area (Å²) in [5.74, 6) is 0.277. The van der Waals surface area contributed by atoms with Crippen molar-refractivity contribution >= 4 is 17.5 Å². The molecule has 2 N–H and O–H groups in total. The average Bonchev–Trinajstić information content (AvgIpc) is 2.41. The third-order valence-corrected chi connectivity index (χ3v) is 2.68. The molecule has 0 unspecified atom stereocenters. The largest absolute Gasteiger partial charge is 0.483 e. The highest BCUT2D eigenvalue weighted by Crippen LogP contribution is 2.23. The first-order valence-electron chi connectivity index (χ1n) is 6.31. The van der Waals surface area contributed by atoms with E-state index >= 15 is 0 Å². The molecule has 0 fully saturated rings. The van der Waals surface area contributed by atoms with E-state index in [0.29, 0.717) is 23.4 Å². The molecule has 0 radical (unpaired) electrons.